The van der Waals surface area contributed by atoms with Gasteiger partial charge in [-0.1, -0.05) is 35.9 Å². The summed E-state index contributed by atoms with van der Waals surface area (Å²) in [4.78, 5) is 13.8. The van der Waals surface area contributed by atoms with E-state index in [4.69, 9.17) is 11.6 Å². The third kappa shape index (κ3) is 4.85. The average molecular weight is 307 g/mol. The first-order valence-electron chi connectivity index (χ1n) is 6.52. The van der Waals surface area contributed by atoms with Gasteiger partial charge < -0.3 is 5.32 Å². The second-order valence-electron chi connectivity index (χ2n) is 4.83. The predicted octanol–water partition coefficient (Wildman–Crippen LogP) is 3.55. The SMILES string of the molecule is CN(CC(=O)Nc1ccccc1Cl)Cc1ccc(F)cc1. The van der Waals surface area contributed by atoms with Gasteiger partial charge in [0.1, 0.15) is 5.82 Å². The summed E-state index contributed by atoms with van der Waals surface area (Å²) in [7, 11) is 1.83. The summed E-state index contributed by atoms with van der Waals surface area (Å²) >= 11 is 5.99. The summed E-state index contributed by atoms with van der Waals surface area (Å²) in [6.45, 7) is 0.790. The molecule has 1 amide bonds. The Bertz CT molecular complexity index is 616. The van der Waals surface area contributed by atoms with Crippen LogP contribution in [0.1, 0.15) is 5.56 Å². The first-order chi connectivity index (χ1) is 10.0. The van der Waals surface area contributed by atoms with Crippen molar-refractivity contribution >= 4 is 23.2 Å². The Kier molecular flexibility index (Phi) is 5.31. The first kappa shape index (κ1) is 15.5. The monoisotopic (exact) mass is 306 g/mol. The lowest BCUT2D eigenvalue weighted by Crippen LogP contribution is -2.29. The van der Waals surface area contributed by atoms with Gasteiger partial charge in [0.25, 0.3) is 0 Å². The lowest BCUT2D eigenvalue weighted by Gasteiger charge is -2.16. The standard InChI is InChI=1S/C16H16ClFN2O/c1-20(10-12-6-8-13(18)9-7-12)11-16(21)19-15-5-3-2-4-14(15)17/h2-9H,10-11H2,1H3,(H,19,21). The third-order valence-electron chi connectivity index (χ3n) is 2.93. The predicted molar refractivity (Wildman–Crippen MR) is 82.8 cm³/mol. The lowest BCUT2D eigenvalue weighted by atomic mass is 10.2. The summed E-state index contributed by atoms with van der Waals surface area (Å²) in [5, 5.41) is 3.27. The molecular weight excluding hydrogens is 291 g/mol. The van der Waals surface area contributed by atoms with Crippen LogP contribution < -0.4 is 5.32 Å². The molecule has 0 saturated heterocycles. The second kappa shape index (κ2) is 7.20. The highest BCUT2D eigenvalue weighted by atomic mass is 35.5. The molecule has 21 heavy (non-hydrogen) atoms. The van der Waals surface area contributed by atoms with E-state index < -0.39 is 0 Å². The number of halogens is 2. The highest BCUT2D eigenvalue weighted by Crippen LogP contribution is 2.20. The van der Waals surface area contributed by atoms with Crippen LogP contribution in [0.15, 0.2) is 48.5 Å². The minimum atomic E-state index is -0.266. The Morgan fingerprint density at radius 3 is 2.52 bits per heavy atom. The molecule has 2 aromatic carbocycles. The number of carbonyl (C=O) groups is 1. The van der Waals surface area contributed by atoms with Crippen molar-refractivity contribution in [3.63, 3.8) is 0 Å². The van der Waals surface area contributed by atoms with Crippen LogP contribution in [0.25, 0.3) is 0 Å². The normalized spacial score (nSPS) is 10.7. The number of likely N-dealkylation sites (N-methyl/N-ethyl adjacent to an activating group) is 1. The summed E-state index contributed by atoms with van der Waals surface area (Å²) in [5.74, 6) is -0.412. The van der Waals surface area contributed by atoms with Crippen molar-refractivity contribution in [2.45, 2.75) is 6.54 Å². The van der Waals surface area contributed by atoms with Gasteiger partial charge in [-0.15, -0.1) is 0 Å². The molecule has 2 aromatic rings. The zero-order valence-electron chi connectivity index (χ0n) is 11.6. The topological polar surface area (TPSA) is 32.3 Å². The van der Waals surface area contributed by atoms with E-state index in [1.165, 1.54) is 12.1 Å². The van der Waals surface area contributed by atoms with Gasteiger partial charge in [-0.25, -0.2) is 4.39 Å². The molecule has 0 spiro atoms. The van der Waals surface area contributed by atoms with Crippen LogP contribution in [-0.4, -0.2) is 24.4 Å². The minimum Gasteiger partial charge on any atom is -0.324 e. The van der Waals surface area contributed by atoms with Crippen molar-refractivity contribution in [2.24, 2.45) is 0 Å². The molecule has 0 aliphatic carbocycles. The summed E-state index contributed by atoms with van der Waals surface area (Å²) in [6.07, 6.45) is 0. The van der Waals surface area contributed by atoms with E-state index in [1.54, 1.807) is 30.3 Å². The smallest absolute Gasteiger partial charge is 0.238 e. The van der Waals surface area contributed by atoms with E-state index in [1.807, 2.05) is 18.0 Å². The molecule has 0 saturated carbocycles. The molecular formula is C16H16ClFN2O. The van der Waals surface area contributed by atoms with Gasteiger partial charge in [-0.3, -0.25) is 9.69 Å². The van der Waals surface area contributed by atoms with Gasteiger partial charge in [0.15, 0.2) is 0 Å². The van der Waals surface area contributed by atoms with E-state index in [-0.39, 0.29) is 18.3 Å². The fourth-order valence-electron chi connectivity index (χ4n) is 1.95. The summed E-state index contributed by atoms with van der Waals surface area (Å²) in [6, 6.07) is 13.3. The Balaban J connectivity index is 1.87. The van der Waals surface area contributed by atoms with E-state index in [2.05, 4.69) is 5.32 Å². The van der Waals surface area contributed by atoms with Gasteiger partial charge in [-0.2, -0.15) is 0 Å². The fraction of sp³-hybridized carbons (Fsp3) is 0.188. The largest absolute Gasteiger partial charge is 0.324 e. The van der Waals surface area contributed by atoms with E-state index in [0.717, 1.165) is 5.56 Å². The van der Waals surface area contributed by atoms with Crippen molar-refractivity contribution in [1.82, 2.24) is 4.90 Å². The molecule has 0 aliphatic heterocycles. The van der Waals surface area contributed by atoms with Gasteiger partial charge >= 0.3 is 0 Å². The number of hydrogen-bond acceptors (Lipinski definition) is 2. The Morgan fingerprint density at radius 2 is 1.86 bits per heavy atom. The number of rotatable bonds is 5. The summed E-state index contributed by atoms with van der Waals surface area (Å²) in [5.41, 5.74) is 1.55. The van der Waals surface area contributed by atoms with E-state index >= 15 is 0 Å². The molecule has 0 radical (unpaired) electrons. The Hall–Kier alpha value is -1.91. The number of nitrogens with zero attached hydrogens (tertiary/aromatic N) is 1. The summed E-state index contributed by atoms with van der Waals surface area (Å²) < 4.78 is 12.8. The van der Waals surface area contributed by atoms with Crippen molar-refractivity contribution in [1.29, 1.82) is 0 Å². The molecule has 0 atom stereocenters. The van der Waals surface area contributed by atoms with Crippen LogP contribution >= 0.6 is 11.6 Å². The molecule has 3 nitrogen and oxygen atoms in total. The molecule has 0 aromatic heterocycles. The van der Waals surface area contributed by atoms with Crippen LogP contribution in [0, 0.1) is 5.82 Å². The number of para-hydroxylation sites is 1. The van der Waals surface area contributed by atoms with Crippen molar-refractivity contribution < 1.29 is 9.18 Å². The van der Waals surface area contributed by atoms with Crippen molar-refractivity contribution in [3.05, 3.63) is 64.9 Å². The highest BCUT2D eigenvalue weighted by Gasteiger charge is 2.09. The second-order valence-corrected chi connectivity index (χ2v) is 5.23. The Morgan fingerprint density at radius 1 is 1.19 bits per heavy atom. The molecule has 2 rings (SSSR count). The number of carbonyl (C=O) groups excluding carboxylic acids is 1. The van der Waals surface area contributed by atoms with Crippen LogP contribution in [0.2, 0.25) is 5.02 Å². The van der Waals surface area contributed by atoms with Gasteiger partial charge in [0, 0.05) is 6.54 Å². The fourth-order valence-corrected chi connectivity index (χ4v) is 2.14. The molecule has 1 N–H and O–H groups in total. The molecule has 0 fully saturated rings. The van der Waals surface area contributed by atoms with Gasteiger partial charge in [0.2, 0.25) is 5.91 Å². The maximum absolute atomic E-state index is 12.8. The maximum atomic E-state index is 12.8. The number of nitrogens with one attached hydrogen (secondary N) is 1. The number of anilines is 1. The molecule has 0 aliphatic rings. The highest BCUT2D eigenvalue weighted by molar-refractivity contribution is 6.33. The number of benzene rings is 2. The number of hydrogen-bond donors (Lipinski definition) is 1. The maximum Gasteiger partial charge on any atom is 0.238 e. The van der Waals surface area contributed by atoms with Crippen LogP contribution in [0.4, 0.5) is 10.1 Å². The zero-order valence-corrected chi connectivity index (χ0v) is 12.4. The lowest BCUT2D eigenvalue weighted by molar-refractivity contribution is -0.117. The van der Waals surface area contributed by atoms with Crippen LogP contribution in [-0.2, 0) is 11.3 Å². The molecule has 5 heteroatoms. The van der Waals surface area contributed by atoms with E-state index in [9.17, 15) is 9.18 Å². The molecule has 0 bridgehead atoms. The quantitative estimate of drug-likeness (QED) is 0.916. The van der Waals surface area contributed by atoms with Gasteiger partial charge in [0.05, 0.1) is 17.3 Å². The zero-order chi connectivity index (χ0) is 15.2. The number of amides is 1. The van der Waals surface area contributed by atoms with Crippen molar-refractivity contribution in [3.8, 4) is 0 Å². The Labute approximate surface area is 128 Å². The molecule has 0 unspecified atom stereocenters. The van der Waals surface area contributed by atoms with Crippen LogP contribution in [0.3, 0.4) is 0 Å². The first-order valence-corrected chi connectivity index (χ1v) is 6.90. The molecule has 0 heterocycles. The van der Waals surface area contributed by atoms with Crippen molar-refractivity contribution in [2.75, 3.05) is 18.9 Å². The van der Waals surface area contributed by atoms with Crippen LogP contribution in [0.5, 0.6) is 0 Å². The van der Waals surface area contributed by atoms with E-state index in [0.29, 0.717) is 17.3 Å². The van der Waals surface area contributed by atoms with Gasteiger partial charge in [-0.05, 0) is 36.9 Å². The minimum absolute atomic E-state index is 0.146. The third-order valence-corrected chi connectivity index (χ3v) is 3.26. The average Bonchev–Trinajstić information content (AvgIpc) is 2.44. The molecule has 110 valence electrons.